The first kappa shape index (κ1) is 17.4. The zero-order valence-electron chi connectivity index (χ0n) is 10.7. The molecule has 0 aromatic heterocycles. The van der Waals surface area contributed by atoms with Crippen LogP contribution < -0.4 is 5.32 Å². The fraction of sp³-hybridized carbons (Fsp3) is 0.417. The van der Waals surface area contributed by atoms with E-state index in [2.05, 4.69) is 5.32 Å². The first-order valence-electron chi connectivity index (χ1n) is 5.96. The number of benzene rings is 1. The molecule has 0 bridgehead atoms. The lowest BCUT2D eigenvalue weighted by molar-refractivity contribution is 0.101. The Morgan fingerprint density at radius 2 is 1.75 bits per heavy atom. The van der Waals surface area contributed by atoms with Crippen molar-refractivity contribution >= 4 is 39.8 Å². The average Bonchev–Trinajstić information content (AvgIpc) is 2.40. The van der Waals surface area contributed by atoms with Gasteiger partial charge in [0.2, 0.25) is 10.0 Å². The average molecular weight is 339 g/mol. The molecule has 1 aliphatic heterocycles. The molecule has 1 fully saturated rings. The number of hydrogen-bond acceptors (Lipinski definition) is 4. The summed E-state index contributed by atoms with van der Waals surface area (Å²) in [5.74, 6) is -0.899. The van der Waals surface area contributed by atoms with Crippen molar-refractivity contribution in [2.45, 2.75) is 0 Å². The van der Waals surface area contributed by atoms with E-state index in [1.165, 1.54) is 16.4 Å². The molecule has 1 aromatic carbocycles. The standard InChI is InChI=1S/C12H15ClN2O3S.ClH/c13-11-3-1-10(2-4-11)12(16)9-19(17,18)15-7-5-14-6-8-15;/h1-4,14H,5-9H2;1H. The Morgan fingerprint density at radius 3 is 2.30 bits per heavy atom. The number of sulfonamides is 1. The molecule has 1 N–H and O–H groups in total. The van der Waals surface area contributed by atoms with Crippen molar-refractivity contribution in [1.82, 2.24) is 9.62 Å². The Bertz CT molecular complexity index is 555. The Kier molecular flexibility index (Phi) is 6.42. The summed E-state index contributed by atoms with van der Waals surface area (Å²) >= 11 is 5.73. The fourth-order valence-corrected chi connectivity index (χ4v) is 3.44. The molecule has 112 valence electrons. The zero-order valence-corrected chi connectivity index (χ0v) is 13.1. The van der Waals surface area contributed by atoms with Gasteiger partial charge in [-0.1, -0.05) is 11.6 Å². The van der Waals surface area contributed by atoms with Crippen LogP contribution in [0.3, 0.4) is 0 Å². The second-order valence-corrected chi connectivity index (χ2v) is 6.74. The lowest BCUT2D eigenvalue weighted by Gasteiger charge is -2.26. The number of rotatable bonds is 4. The number of hydrogen-bond donors (Lipinski definition) is 1. The van der Waals surface area contributed by atoms with Gasteiger partial charge in [0.15, 0.2) is 5.78 Å². The maximum absolute atomic E-state index is 12.1. The number of nitrogens with one attached hydrogen (secondary N) is 1. The van der Waals surface area contributed by atoms with Crippen molar-refractivity contribution in [2.75, 3.05) is 31.9 Å². The first-order valence-corrected chi connectivity index (χ1v) is 7.95. The summed E-state index contributed by atoms with van der Waals surface area (Å²) in [6.45, 7) is 2.06. The molecule has 8 heteroatoms. The van der Waals surface area contributed by atoms with Gasteiger partial charge in [-0.3, -0.25) is 4.79 Å². The van der Waals surface area contributed by atoms with E-state index >= 15 is 0 Å². The van der Waals surface area contributed by atoms with E-state index in [1.807, 2.05) is 0 Å². The smallest absolute Gasteiger partial charge is 0.221 e. The number of carbonyl (C=O) groups is 1. The van der Waals surface area contributed by atoms with Crippen molar-refractivity contribution in [1.29, 1.82) is 0 Å². The van der Waals surface area contributed by atoms with Gasteiger partial charge in [0, 0.05) is 36.8 Å². The Balaban J connectivity index is 0.00000200. The first-order chi connectivity index (χ1) is 8.99. The molecule has 2 rings (SSSR count). The van der Waals surface area contributed by atoms with Crippen molar-refractivity contribution in [3.8, 4) is 0 Å². The number of carbonyl (C=O) groups excluding carboxylic acids is 1. The number of nitrogens with zero attached hydrogens (tertiary/aromatic N) is 1. The molecule has 0 aliphatic carbocycles. The van der Waals surface area contributed by atoms with Crippen LogP contribution in [-0.4, -0.2) is 50.4 Å². The second-order valence-electron chi connectivity index (χ2n) is 4.34. The molecule has 5 nitrogen and oxygen atoms in total. The Hall–Kier alpha value is -0.660. The second kappa shape index (κ2) is 7.38. The van der Waals surface area contributed by atoms with E-state index in [-0.39, 0.29) is 12.4 Å². The monoisotopic (exact) mass is 338 g/mol. The van der Waals surface area contributed by atoms with Crippen LogP contribution in [0.5, 0.6) is 0 Å². The van der Waals surface area contributed by atoms with Gasteiger partial charge in [0.1, 0.15) is 5.75 Å². The minimum atomic E-state index is -3.53. The van der Waals surface area contributed by atoms with Gasteiger partial charge >= 0.3 is 0 Å². The normalized spacial score (nSPS) is 16.4. The Morgan fingerprint density at radius 1 is 1.20 bits per heavy atom. The van der Waals surface area contributed by atoms with Crippen LogP contribution in [-0.2, 0) is 10.0 Å². The molecule has 0 unspecified atom stereocenters. The topological polar surface area (TPSA) is 66.5 Å². The molecule has 1 heterocycles. The van der Waals surface area contributed by atoms with Crippen LogP contribution in [0.1, 0.15) is 10.4 Å². The highest BCUT2D eigenvalue weighted by Gasteiger charge is 2.26. The highest BCUT2D eigenvalue weighted by molar-refractivity contribution is 7.89. The van der Waals surface area contributed by atoms with Gasteiger partial charge in [-0.2, -0.15) is 4.31 Å². The summed E-state index contributed by atoms with van der Waals surface area (Å²) in [5, 5.41) is 3.59. The predicted octanol–water partition coefficient (Wildman–Crippen LogP) is 1.18. The Labute approximate surface area is 129 Å². The lowest BCUT2D eigenvalue weighted by atomic mass is 10.1. The van der Waals surface area contributed by atoms with Gasteiger partial charge < -0.3 is 5.32 Å². The third kappa shape index (κ3) is 4.43. The highest BCUT2D eigenvalue weighted by atomic mass is 35.5. The molecule has 1 aromatic rings. The molecule has 0 saturated carbocycles. The van der Waals surface area contributed by atoms with Crippen molar-refractivity contribution in [3.63, 3.8) is 0 Å². The highest BCUT2D eigenvalue weighted by Crippen LogP contribution is 2.12. The molecule has 0 atom stereocenters. The summed E-state index contributed by atoms with van der Waals surface area (Å²) in [6.07, 6.45) is 0. The molecule has 0 spiro atoms. The van der Waals surface area contributed by atoms with Crippen molar-refractivity contribution in [2.24, 2.45) is 0 Å². The maximum Gasteiger partial charge on any atom is 0.221 e. The van der Waals surface area contributed by atoms with Gasteiger partial charge in [-0.15, -0.1) is 12.4 Å². The molecular weight excluding hydrogens is 323 g/mol. The molecule has 0 radical (unpaired) electrons. The number of Topliss-reactive ketones (excluding diaryl/α,β-unsaturated/α-hetero) is 1. The molecule has 1 aliphatic rings. The van der Waals surface area contributed by atoms with Crippen LogP contribution in [0.15, 0.2) is 24.3 Å². The zero-order chi connectivity index (χ0) is 13.9. The third-order valence-electron chi connectivity index (χ3n) is 2.95. The van der Waals surface area contributed by atoms with E-state index in [0.29, 0.717) is 36.8 Å². The van der Waals surface area contributed by atoms with Crippen LogP contribution in [0.2, 0.25) is 5.02 Å². The number of ketones is 1. The third-order valence-corrected chi connectivity index (χ3v) is 4.98. The largest absolute Gasteiger partial charge is 0.314 e. The fourth-order valence-electron chi connectivity index (χ4n) is 1.90. The molecular formula is C12H16Cl2N2O3S. The van der Waals surface area contributed by atoms with Crippen molar-refractivity contribution in [3.05, 3.63) is 34.9 Å². The van der Waals surface area contributed by atoms with Crippen LogP contribution >= 0.6 is 24.0 Å². The van der Waals surface area contributed by atoms with Gasteiger partial charge in [-0.25, -0.2) is 8.42 Å². The number of piperazine rings is 1. The summed E-state index contributed by atoms with van der Waals surface area (Å²) in [4.78, 5) is 11.9. The van der Waals surface area contributed by atoms with Gasteiger partial charge in [-0.05, 0) is 24.3 Å². The minimum absolute atomic E-state index is 0. The van der Waals surface area contributed by atoms with Crippen LogP contribution in [0.25, 0.3) is 0 Å². The van der Waals surface area contributed by atoms with E-state index in [1.54, 1.807) is 12.1 Å². The summed E-state index contributed by atoms with van der Waals surface area (Å²) in [7, 11) is -3.53. The summed E-state index contributed by atoms with van der Waals surface area (Å²) in [6, 6.07) is 6.23. The quantitative estimate of drug-likeness (QED) is 0.837. The SMILES string of the molecule is Cl.O=C(CS(=O)(=O)N1CCNCC1)c1ccc(Cl)cc1. The minimum Gasteiger partial charge on any atom is -0.314 e. The van der Waals surface area contributed by atoms with E-state index in [4.69, 9.17) is 11.6 Å². The predicted molar refractivity (Wildman–Crippen MR) is 81.3 cm³/mol. The van der Waals surface area contributed by atoms with Crippen LogP contribution in [0, 0.1) is 0 Å². The van der Waals surface area contributed by atoms with Gasteiger partial charge in [0.25, 0.3) is 0 Å². The van der Waals surface area contributed by atoms with Crippen LogP contribution in [0.4, 0.5) is 0 Å². The summed E-state index contributed by atoms with van der Waals surface area (Å²) in [5.41, 5.74) is 0.364. The molecule has 20 heavy (non-hydrogen) atoms. The molecule has 0 amide bonds. The van der Waals surface area contributed by atoms with E-state index in [0.717, 1.165) is 0 Å². The van der Waals surface area contributed by atoms with E-state index < -0.39 is 21.6 Å². The van der Waals surface area contributed by atoms with Crippen molar-refractivity contribution < 1.29 is 13.2 Å². The van der Waals surface area contributed by atoms with Gasteiger partial charge in [0.05, 0.1) is 0 Å². The van der Waals surface area contributed by atoms with E-state index in [9.17, 15) is 13.2 Å². The molecule has 1 saturated heterocycles. The lowest BCUT2D eigenvalue weighted by Crippen LogP contribution is -2.47. The summed E-state index contributed by atoms with van der Waals surface area (Å²) < 4.78 is 25.5. The maximum atomic E-state index is 12.1. The number of halogens is 2.